The number of halogens is 1. The summed E-state index contributed by atoms with van der Waals surface area (Å²) in [7, 11) is 0. The van der Waals surface area contributed by atoms with Gasteiger partial charge in [-0.15, -0.1) is 5.10 Å². The summed E-state index contributed by atoms with van der Waals surface area (Å²) in [5.41, 5.74) is 5.81. The number of piperazine rings is 1. The number of nitrogens with two attached hydrogens (primary N) is 1. The third kappa shape index (κ3) is 2.69. The van der Waals surface area contributed by atoms with Crippen molar-refractivity contribution < 1.29 is 9.18 Å². The van der Waals surface area contributed by atoms with Crippen LogP contribution in [0.5, 0.6) is 0 Å². The highest BCUT2D eigenvalue weighted by atomic mass is 19.1. The summed E-state index contributed by atoms with van der Waals surface area (Å²) in [5.74, 6) is -0.512. The van der Waals surface area contributed by atoms with E-state index in [4.69, 9.17) is 5.73 Å². The van der Waals surface area contributed by atoms with Gasteiger partial charge in [0.15, 0.2) is 5.82 Å². The zero-order valence-electron chi connectivity index (χ0n) is 11.9. The first-order valence-corrected chi connectivity index (χ1v) is 7.03. The minimum absolute atomic E-state index is 0.0459. The zero-order chi connectivity index (χ0) is 15.5. The number of rotatable bonds is 3. The largest absolute Gasteiger partial charge is 0.367 e. The molecule has 22 heavy (non-hydrogen) atoms. The normalized spacial score (nSPS) is 15.0. The molecule has 2 N–H and O–H groups in total. The van der Waals surface area contributed by atoms with Crippen LogP contribution >= 0.6 is 0 Å². The van der Waals surface area contributed by atoms with E-state index in [1.54, 1.807) is 18.3 Å². The summed E-state index contributed by atoms with van der Waals surface area (Å²) in [4.78, 5) is 15.6. The van der Waals surface area contributed by atoms with E-state index in [1.807, 2.05) is 17.0 Å². The monoisotopic (exact) mass is 301 g/mol. The highest BCUT2D eigenvalue weighted by molar-refractivity contribution is 5.99. The maximum atomic E-state index is 13.8. The Morgan fingerprint density at radius 1 is 1.09 bits per heavy atom. The molecule has 0 unspecified atom stereocenters. The fourth-order valence-corrected chi connectivity index (χ4v) is 2.66. The Balaban J connectivity index is 1.77. The second-order valence-corrected chi connectivity index (χ2v) is 5.05. The topological polar surface area (TPSA) is 75.4 Å². The number of anilines is 2. The van der Waals surface area contributed by atoms with Gasteiger partial charge in [0, 0.05) is 32.4 Å². The van der Waals surface area contributed by atoms with Crippen LogP contribution in [-0.4, -0.2) is 42.3 Å². The Labute approximate surface area is 127 Å². The van der Waals surface area contributed by atoms with Crippen LogP contribution in [0.4, 0.5) is 15.9 Å². The highest BCUT2D eigenvalue weighted by Gasteiger charge is 2.23. The molecule has 0 spiro atoms. The Morgan fingerprint density at radius 2 is 1.82 bits per heavy atom. The van der Waals surface area contributed by atoms with Crippen molar-refractivity contribution >= 4 is 17.4 Å². The average Bonchev–Trinajstić information content (AvgIpc) is 2.55. The number of carbonyl (C=O) groups is 1. The SMILES string of the molecule is NC(=O)c1c(F)cccc1N1CCN(c2cccnn2)CC1. The molecule has 1 fully saturated rings. The van der Waals surface area contributed by atoms with Crippen molar-refractivity contribution in [1.29, 1.82) is 0 Å². The Kier molecular flexibility index (Phi) is 3.86. The smallest absolute Gasteiger partial charge is 0.253 e. The predicted octanol–water partition coefficient (Wildman–Crippen LogP) is 1.04. The fourth-order valence-electron chi connectivity index (χ4n) is 2.66. The molecule has 1 amide bonds. The lowest BCUT2D eigenvalue weighted by Gasteiger charge is -2.37. The molecular formula is C15H16FN5O. The zero-order valence-corrected chi connectivity index (χ0v) is 11.9. The molecule has 2 aromatic rings. The van der Waals surface area contributed by atoms with Crippen molar-refractivity contribution in [1.82, 2.24) is 10.2 Å². The molecule has 0 atom stereocenters. The second kappa shape index (κ2) is 5.97. The van der Waals surface area contributed by atoms with Crippen LogP contribution in [0.1, 0.15) is 10.4 Å². The third-order valence-corrected chi connectivity index (χ3v) is 3.74. The summed E-state index contributed by atoms with van der Waals surface area (Å²) in [6, 6.07) is 8.30. The van der Waals surface area contributed by atoms with Crippen LogP contribution in [0.3, 0.4) is 0 Å². The number of hydrogen-bond donors (Lipinski definition) is 1. The Bertz CT molecular complexity index is 671. The van der Waals surface area contributed by atoms with Gasteiger partial charge in [0.1, 0.15) is 5.82 Å². The van der Waals surface area contributed by atoms with E-state index in [1.165, 1.54) is 6.07 Å². The van der Waals surface area contributed by atoms with E-state index >= 15 is 0 Å². The molecular weight excluding hydrogens is 285 g/mol. The molecule has 3 rings (SSSR count). The van der Waals surface area contributed by atoms with Crippen molar-refractivity contribution in [3.05, 3.63) is 47.9 Å². The van der Waals surface area contributed by atoms with Crippen molar-refractivity contribution in [2.75, 3.05) is 36.0 Å². The summed E-state index contributed by atoms with van der Waals surface area (Å²) in [5, 5.41) is 7.95. The molecule has 0 radical (unpaired) electrons. The third-order valence-electron chi connectivity index (χ3n) is 3.74. The van der Waals surface area contributed by atoms with Crippen LogP contribution in [0.2, 0.25) is 0 Å². The van der Waals surface area contributed by atoms with E-state index in [0.717, 1.165) is 5.82 Å². The van der Waals surface area contributed by atoms with Gasteiger partial charge >= 0.3 is 0 Å². The second-order valence-electron chi connectivity index (χ2n) is 5.05. The van der Waals surface area contributed by atoms with Gasteiger partial charge in [0.25, 0.3) is 5.91 Å². The first kappa shape index (κ1) is 14.2. The van der Waals surface area contributed by atoms with E-state index in [0.29, 0.717) is 31.9 Å². The number of carbonyl (C=O) groups excluding carboxylic acids is 1. The molecule has 1 aromatic heterocycles. The van der Waals surface area contributed by atoms with Gasteiger partial charge in [0.05, 0.1) is 11.3 Å². The van der Waals surface area contributed by atoms with Crippen molar-refractivity contribution in [2.45, 2.75) is 0 Å². The Morgan fingerprint density at radius 3 is 2.45 bits per heavy atom. The molecule has 0 bridgehead atoms. The lowest BCUT2D eigenvalue weighted by Crippen LogP contribution is -2.47. The molecule has 1 aliphatic heterocycles. The summed E-state index contributed by atoms with van der Waals surface area (Å²) >= 11 is 0. The van der Waals surface area contributed by atoms with Gasteiger partial charge in [0.2, 0.25) is 0 Å². The van der Waals surface area contributed by atoms with E-state index in [9.17, 15) is 9.18 Å². The molecule has 7 heteroatoms. The predicted molar refractivity (Wildman–Crippen MR) is 81.4 cm³/mol. The number of nitrogens with zero attached hydrogens (tertiary/aromatic N) is 4. The van der Waals surface area contributed by atoms with Gasteiger partial charge in [-0.2, -0.15) is 5.10 Å². The van der Waals surface area contributed by atoms with Crippen LogP contribution in [0.15, 0.2) is 36.5 Å². The number of aromatic nitrogens is 2. The number of amides is 1. The number of benzene rings is 1. The number of hydrogen-bond acceptors (Lipinski definition) is 5. The minimum atomic E-state index is -0.746. The van der Waals surface area contributed by atoms with Gasteiger partial charge in [-0.1, -0.05) is 6.07 Å². The average molecular weight is 301 g/mol. The summed E-state index contributed by atoms with van der Waals surface area (Å²) in [6.45, 7) is 2.74. The molecule has 0 saturated carbocycles. The van der Waals surface area contributed by atoms with Crippen molar-refractivity contribution in [3.63, 3.8) is 0 Å². The summed E-state index contributed by atoms with van der Waals surface area (Å²) in [6.07, 6.45) is 1.63. The van der Waals surface area contributed by atoms with Gasteiger partial charge in [-0.05, 0) is 24.3 Å². The van der Waals surface area contributed by atoms with E-state index in [-0.39, 0.29) is 5.56 Å². The van der Waals surface area contributed by atoms with Crippen molar-refractivity contribution in [2.24, 2.45) is 5.73 Å². The molecule has 6 nitrogen and oxygen atoms in total. The van der Waals surface area contributed by atoms with Crippen LogP contribution in [0.25, 0.3) is 0 Å². The first-order chi connectivity index (χ1) is 10.7. The highest BCUT2D eigenvalue weighted by Crippen LogP contribution is 2.25. The molecule has 1 aromatic carbocycles. The van der Waals surface area contributed by atoms with Crippen molar-refractivity contribution in [3.8, 4) is 0 Å². The number of primary amides is 1. The van der Waals surface area contributed by atoms with Crippen LogP contribution in [0, 0.1) is 5.82 Å². The van der Waals surface area contributed by atoms with Gasteiger partial charge in [-0.25, -0.2) is 4.39 Å². The molecule has 1 aliphatic rings. The van der Waals surface area contributed by atoms with Crippen LogP contribution in [-0.2, 0) is 0 Å². The molecule has 114 valence electrons. The van der Waals surface area contributed by atoms with E-state index in [2.05, 4.69) is 15.1 Å². The van der Waals surface area contributed by atoms with Crippen LogP contribution < -0.4 is 15.5 Å². The maximum Gasteiger partial charge on any atom is 0.253 e. The lowest BCUT2D eigenvalue weighted by atomic mass is 10.1. The molecule has 2 heterocycles. The lowest BCUT2D eigenvalue weighted by molar-refractivity contribution is 0.0997. The van der Waals surface area contributed by atoms with E-state index < -0.39 is 11.7 Å². The quantitative estimate of drug-likeness (QED) is 0.917. The minimum Gasteiger partial charge on any atom is -0.367 e. The first-order valence-electron chi connectivity index (χ1n) is 7.03. The Hall–Kier alpha value is -2.70. The fraction of sp³-hybridized carbons (Fsp3) is 0.267. The maximum absolute atomic E-state index is 13.8. The van der Waals surface area contributed by atoms with Gasteiger partial charge < -0.3 is 15.5 Å². The van der Waals surface area contributed by atoms with Gasteiger partial charge in [-0.3, -0.25) is 4.79 Å². The molecule has 1 saturated heterocycles. The standard InChI is InChI=1S/C15H16FN5O/c16-11-3-1-4-12(14(11)15(17)22)20-7-9-21(10-8-20)13-5-2-6-18-19-13/h1-6H,7-10H2,(H2,17,22). The molecule has 0 aliphatic carbocycles. The summed E-state index contributed by atoms with van der Waals surface area (Å²) < 4.78 is 13.8.